The van der Waals surface area contributed by atoms with Crippen molar-refractivity contribution in [3.05, 3.63) is 0 Å². The maximum atomic E-state index is 12.5. The summed E-state index contributed by atoms with van der Waals surface area (Å²) in [5.41, 5.74) is -0.810. The van der Waals surface area contributed by atoms with Crippen LogP contribution in [-0.2, 0) is 14.3 Å². The van der Waals surface area contributed by atoms with Crippen LogP contribution in [0.4, 0.5) is 0 Å². The molecular formula is C14H23NO3. The summed E-state index contributed by atoms with van der Waals surface area (Å²) in [5.74, 6) is -0.170. The van der Waals surface area contributed by atoms with Crippen molar-refractivity contribution < 1.29 is 14.3 Å². The quantitative estimate of drug-likeness (QED) is 0.611. The maximum Gasteiger partial charge on any atom is 0.319 e. The topological polar surface area (TPSA) is 55.4 Å². The molecule has 0 aromatic carbocycles. The Hall–Kier alpha value is -0.900. The molecule has 0 aromatic heterocycles. The number of hydrogen-bond acceptors (Lipinski definition) is 4. The van der Waals surface area contributed by atoms with E-state index in [4.69, 9.17) is 4.74 Å². The molecule has 0 saturated heterocycles. The van der Waals surface area contributed by atoms with Crippen molar-refractivity contribution in [2.75, 3.05) is 6.61 Å². The molecular weight excluding hydrogens is 230 g/mol. The zero-order valence-corrected chi connectivity index (χ0v) is 11.5. The summed E-state index contributed by atoms with van der Waals surface area (Å²) in [4.78, 5) is 24.5. The Labute approximate surface area is 108 Å². The van der Waals surface area contributed by atoms with E-state index in [1.165, 1.54) is 0 Å². The minimum Gasteiger partial charge on any atom is -0.465 e. The van der Waals surface area contributed by atoms with Gasteiger partial charge in [-0.15, -0.1) is 0 Å². The lowest BCUT2D eigenvalue weighted by molar-refractivity contribution is -0.161. The monoisotopic (exact) mass is 253 g/mol. The van der Waals surface area contributed by atoms with E-state index in [2.05, 4.69) is 19.2 Å². The minimum atomic E-state index is -0.810. The van der Waals surface area contributed by atoms with Gasteiger partial charge in [-0.2, -0.15) is 0 Å². The number of fused-ring (bicyclic) bond motifs is 2. The van der Waals surface area contributed by atoms with Gasteiger partial charge >= 0.3 is 5.97 Å². The van der Waals surface area contributed by atoms with Crippen LogP contribution in [0.3, 0.4) is 0 Å². The second-order valence-corrected chi connectivity index (χ2v) is 5.78. The second kappa shape index (κ2) is 5.00. The highest BCUT2D eigenvalue weighted by atomic mass is 16.5. The molecule has 102 valence electrons. The van der Waals surface area contributed by atoms with Crippen LogP contribution in [-0.4, -0.2) is 30.4 Å². The van der Waals surface area contributed by atoms with Crippen molar-refractivity contribution in [1.82, 2.24) is 5.32 Å². The molecule has 1 N–H and O–H groups in total. The Bertz CT molecular complexity index is 353. The predicted octanol–water partition coefficient (Wildman–Crippen LogP) is 1.68. The molecule has 0 radical (unpaired) electrons. The average Bonchev–Trinajstić information content (AvgIpc) is 2.52. The van der Waals surface area contributed by atoms with Gasteiger partial charge in [-0.3, -0.25) is 9.59 Å². The lowest BCUT2D eigenvalue weighted by Crippen LogP contribution is -2.51. The van der Waals surface area contributed by atoms with Crippen molar-refractivity contribution in [2.24, 2.45) is 11.3 Å². The number of hydrogen-bond donors (Lipinski definition) is 1. The van der Waals surface area contributed by atoms with Crippen LogP contribution in [0.2, 0.25) is 0 Å². The normalized spacial score (nSPS) is 35.0. The smallest absolute Gasteiger partial charge is 0.319 e. The molecule has 3 atom stereocenters. The fourth-order valence-corrected chi connectivity index (χ4v) is 3.45. The van der Waals surface area contributed by atoms with Gasteiger partial charge in [0, 0.05) is 18.0 Å². The lowest BCUT2D eigenvalue weighted by Gasteiger charge is -2.35. The Morgan fingerprint density at radius 3 is 2.72 bits per heavy atom. The van der Waals surface area contributed by atoms with Crippen LogP contribution in [0, 0.1) is 11.3 Å². The summed E-state index contributed by atoms with van der Waals surface area (Å²) >= 11 is 0. The molecule has 2 rings (SSSR count). The van der Waals surface area contributed by atoms with E-state index in [-0.39, 0.29) is 23.7 Å². The summed E-state index contributed by atoms with van der Waals surface area (Å²) < 4.78 is 5.11. The third-order valence-corrected chi connectivity index (χ3v) is 4.27. The molecule has 4 heteroatoms. The van der Waals surface area contributed by atoms with Gasteiger partial charge in [-0.25, -0.2) is 0 Å². The van der Waals surface area contributed by atoms with Gasteiger partial charge < -0.3 is 10.1 Å². The first-order chi connectivity index (χ1) is 8.51. The van der Waals surface area contributed by atoms with Crippen LogP contribution < -0.4 is 5.32 Å². The van der Waals surface area contributed by atoms with E-state index >= 15 is 0 Å². The number of carbonyl (C=O) groups excluding carboxylic acids is 2. The Kier molecular flexibility index (Phi) is 3.76. The van der Waals surface area contributed by atoms with Gasteiger partial charge in [0.05, 0.1) is 6.61 Å². The molecule has 18 heavy (non-hydrogen) atoms. The molecule has 2 bridgehead atoms. The zero-order chi connectivity index (χ0) is 13.3. The number of nitrogens with one attached hydrogen (secondary N) is 1. The van der Waals surface area contributed by atoms with Crippen LogP contribution in [0.25, 0.3) is 0 Å². The number of esters is 1. The van der Waals surface area contributed by atoms with E-state index in [1.807, 2.05) is 0 Å². The molecule has 0 amide bonds. The molecule has 2 saturated carbocycles. The Morgan fingerprint density at radius 2 is 2.11 bits per heavy atom. The van der Waals surface area contributed by atoms with Gasteiger partial charge in [0.25, 0.3) is 0 Å². The van der Waals surface area contributed by atoms with Gasteiger partial charge in [-0.1, -0.05) is 13.8 Å². The van der Waals surface area contributed by atoms with Crippen molar-refractivity contribution >= 4 is 11.8 Å². The first kappa shape index (κ1) is 13.5. The Balaban J connectivity index is 2.13. The van der Waals surface area contributed by atoms with Gasteiger partial charge in [0.15, 0.2) is 5.78 Å². The molecule has 0 aliphatic heterocycles. The molecule has 2 aliphatic carbocycles. The van der Waals surface area contributed by atoms with E-state index in [0.29, 0.717) is 25.5 Å². The highest BCUT2D eigenvalue weighted by molar-refractivity contribution is 6.07. The van der Waals surface area contributed by atoms with Gasteiger partial charge in [-0.05, 0) is 32.6 Å². The van der Waals surface area contributed by atoms with E-state index in [1.54, 1.807) is 6.92 Å². The third-order valence-electron chi connectivity index (χ3n) is 4.27. The molecule has 2 aliphatic rings. The second-order valence-electron chi connectivity index (χ2n) is 5.78. The van der Waals surface area contributed by atoms with Gasteiger partial charge in [0.1, 0.15) is 5.41 Å². The standard InChI is InChI=1S/C14H23NO3/c1-4-18-13(17)14-7-5-10(12(14)16)11(6-8-14)15-9(2)3/h9-11,15H,4-8H2,1-3H3/t10-,11-,14-/m1/s1. The number of rotatable bonds is 4. The summed E-state index contributed by atoms with van der Waals surface area (Å²) in [6.45, 7) is 6.32. The van der Waals surface area contributed by atoms with E-state index in [0.717, 1.165) is 12.8 Å². The lowest BCUT2D eigenvalue weighted by atomic mass is 9.72. The fourth-order valence-electron chi connectivity index (χ4n) is 3.45. The van der Waals surface area contributed by atoms with Crippen LogP contribution in [0.1, 0.15) is 46.5 Å². The zero-order valence-electron chi connectivity index (χ0n) is 11.5. The van der Waals surface area contributed by atoms with Gasteiger partial charge in [0.2, 0.25) is 0 Å². The Morgan fingerprint density at radius 1 is 1.44 bits per heavy atom. The number of ether oxygens (including phenoxy) is 1. The molecule has 2 fully saturated rings. The molecule has 0 heterocycles. The number of ketones is 1. The molecule has 4 nitrogen and oxygen atoms in total. The van der Waals surface area contributed by atoms with E-state index in [9.17, 15) is 9.59 Å². The van der Waals surface area contributed by atoms with Crippen LogP contribution in [0.5, 0.6) is 0 Å². The molecule has 0 aromatic rings. The highest BCUT2D eigenvalue weighted by Gasteiger charge is 2.58. The summed E-state index contributed by atoms with van der Waals surface area (Å²) in [6.07, 6.45) is 3.03. The van der Waals surface area contributed by atoms with E-state index < -0.39 is 5.41 Å². The number of carbonyl (C=O) groups is 2. The van der Waals surface area contributed by atoms with Crippen LogP contribution in [0.15, 0.2) is 0 Å². The van der Waals surface area contributed by atoms with Crippen molar-refractivity contribution in [3.63, 3.8) is 0 Å². The van der Waals surface area contributed by atoms with Crippen molar-refractivity contribution in [1.29, 1.82) is 0 Å². The predicted molar refractivity (Wildman–Crippen MR) is 68.1 cm³/mol. The highest BCUT2D eigenvalue weighted by Crippen LogP contribution is 2.49. The van der Waals surface area contributed by atoms with Crippen molar-refractivity contribution in [2.45, 2.75) is 58.5 Å². The van der Waals surface area contributed by atoms with Crippen molar-refractivity contribution in [3.8, 4) is 0 Å². The summed E-state index contributed by atoms with van der Waals surface area (Å²) in [7, 11) is 0. The first-order valence-corrected chi connectivity index (χ1v) is 6.99. The molecule has 0 spiro atoms. The fraction of sp³-hybridized carbons (Fsp3) is 0.857. The average molecular weight is 253 g/mol. The minimum absolute atomic E-state index is 0.00514. The summed E-state index contributed by atoms with van der Waals surface area (Å²) in [5, 5.41) is 3.45. The number of Topliss-reactive ketones (excluding diaryl/α,β-unsaturated/α-hetero) is 1. The largest absolute Gasteiger partial charge is 0.465 e. The maximum absolute atomic E-state index is 12.5. The van der Waals surface area contributed by atoms with Crippen LogP contribution >= 0.6 is 0 Å². The summed E-state index contributed by atoms with van der Waals surface area (Å²) in [6, 6.07) is 0.612. The third kappa shape index (κ3) is 2.07. The first-order valence-electron chi connectivity index (χ1n) is 6.99. The molecule has 0 unspecified atom stereocenters. The SMILES string of the molecule is CCOC(=O)[C@@]12CC[C@@H](NC(C)C)[C@@H](CC1)C2=O.